The molecule has 2 aromatic carbocycles. The third-order valence-electron chi connectivity index (χ3n) is 5.17. The van der Waals surface area contributed by atoms with Crippen LogP contribution < -0.4 is 20.1 Å². The molecule has 0 radical (unpaired) electrons. The first kappa shape index (κ1) is 24.2. The number of hydrogen-bond acceptors (Lipinski definition) is 5. The van der Waals surface area contributed by atoms with Gasteiger partial charge in [0.1, 0.15) is 5.75 Å². The molecule has 0 spiro atoms. The fourth-order valence-electron chi connectivity index (χ4n) is 3.49. The molecule has 3 rings (SSSR count). The van der Waals surface area contributed by atoms with Crippen molar-refractivity contribution in [1.82, 2.24) is 10.0 Å². The van der Waals surface area contributed by atoms with Crippen LogP contribution in [0.2, 0.25) is 0 Å². The fraction of sp³-hybridized carbons (Fsp3) is 0.391. The highest BCUT2D eigenvalue weighted by Crippen LogP contribution is 2.21. The van der Waals surface area contributed by atoms with Gasteiger partial charge in [0.2, 0.25) is 10.0 Å². The minimum absolute atomic E-state index is 0.00150. The Balaban J connectivity index is 1.53. The molecule has 3 N–H and O–H groups in total. The molecular weight excluding hydrogens is 446 g/mol. The van der Waals surface area contributed by atoms with Crippen LogP contribution in [-0.4, -0.2) is 32.1 Å². The molecule has 0 heterocycles. The minimum atomic E-state index is -3.56. The molecule has 32 heavy (non-hydrogen) atoms. The lowest BCUT2D eigenvalue weighted by atomic mass is 9.96. The standard InChI is InChI=1S/C23H29N3O4S2/c1-2-16-30-20-12-8-17(9-13-20)22(27)25-23(31)24-18-10-14-21(15-11-18)32(28,29)26-19-6-4-3-5-7-19/h8-15,19,26H,2-7,16H2,1H3,(H2,24,25,27,31). The molecule has 7 nitrogen and oxygen atoms in total. The number of hydrogen-bond donors (Lipinski definition) is 3. The van der Waals surface area contributed by atoms with Crippen molar-refractivity contribution in [2.24, 2.45) is 0 Å². The van der Waals surface area contributed by atoms with Crippen molar-refractivity contribution in [2.75, 3.05) is 11.9 Å². The average molecular weight is 476 g/mol. The van der Waals surface area contributed by atoms with Crippen molar-refractivity contribution < 1.29 is 17.9 Å². The van der Waals surface area contributed by atoms with E-state index in [1.54, 1.807) is 36.4 Å². The van der Waals surface area contributed by atoms with Crippen LogP contribution in [0, 0.1) is 0 Å². The molecular formula is C23H29N3O4S2. The highest BCUT2D eigenvalue weighted by Gasteiger charge is 2.21. The lowest BCUT2D eigenvalue weighted by Crippen LogP contribution is -2.36. The summed E-state index contributed by atoms with van der Waals surface area (Å²) < 4.78 is 33.5. The zero-order chi connectivity index (χ0) is 23.0. The van der Waals surface area contributed by atoms with E-state index in [-0.39, 0.29) is 22.0 Å². The first-order valence-corrected chi connectivity index (χ1v) is 12.7. The van der Waals surface area contributed by atoms with Crippen LogP contribution in [0.5, 0.6) is 5.75 Å². The average Bonchev–Trinajstić information content (AvgIpc) is 2.78. The Kier molecular flexibility index (Phi) is 8.60. The summed E-state index contributed by atoms with van der Waals surface area (Å²) in [6.07, 6.45) is 5.93. The maximum Gasteiger partial charge on any atom is 0.257 e. The van der Waals surface area contributed by atoms with Crippen molar-refractivity contribution in [2.45, 2.75) is 56.4 Å². The van der Waals surface area contributed by atoms with Gasteiger partial charge in [0.05, 0.1) is 11.5 Å². The van der Waals surface area contributed by atoms with Crippen LogP contribution in [0.15, 0.2) is 53.4 Å². The van der Waals surface area contributed by atoms with Crippen LogP contribution >= 0.6 is 12.2 Å². The minimum Gasteiger partial charge on any atom is -0.494 e. The van der Waals surface area contributed by atoms with Gasteiger partial charge in [-0.2, -0.15) is 0 Å². The smallest absolute Gasteiger partial charge is 0.257 e. The first-order valence-electron chi connectivity index (χ1n) is 10.8. The van der Waals surface area contributed by atoms with E-state index in [0.717, 1.165) is 38.5 Å². The summed E-state index contributed by atoms with van der Waals surface area (Å²) >= 11 is 5.21. The third-order valence-corrected chi connectivity index (χ3v) is 6.91. The zero-order valence-electron chi connectivity index (χ0n) is 18.1. The molecule has 9 heteroatoms. The summed E-state index contributed by atoms with van der Waals surface area (Å²) in [5.41, 5.74) is 1.03. The number of carbonyl (C=O) groups excluding carboxylic acids is 1. The summed E-state index contributed by atoms with van der Waals surface area (Å²) in [4.78, 5) is 12.6. The molecule has 0 saturated heterocycles. The summed E-state index contributed by atoms with van der Waals surface area (Å²) in [6, 6.07) is 13.1. The number of carbonyl (C=O) groups is 1. The summed E-state index contributed by atoms with van der Waals surface area (Å²) in [5, 5.41) is 5.64. The Morgan fingerprint density at radius 2 is 1.69 bits per heavy atom. The van der Waals surface area contributed by atoms with Crippen molar-refractivity contribution in [3.8, 4) is 5.75 Å². The number of ether oxygens (including phenoxy) is 1. The fourth-order valence-corrected chi connectivity index (χ4v) is 5.00. The van der Waals surface area contributed by atoms with E-state index in [1.807, 2.05) is 6.92 Å². The van der Waals surface area contributed by atoms with Gasteiger partial charge in [0, 0.05) is 17.3 Å². The normalized spacial score (nSPS) is 14.5. The predicted octanol–water partition coefficient (Wildman–Crippen LogP) is 4.21. The highest BCUT2D eigenvalue weighted by molar-refractivity contribution is 7.89. The third kappa shape index (κ3) is 7.01. The Labute approximate surface area is 195 Å². The molecule has 0 aromatic heterocycles. The zero-order valence-corrected chi connectivity index (χ0v) is 19.7. The van der Waals surface area contributed by atoms with E-state index in [9.17, 15) is 13.2 Å². The lowest BCUT2D eigenvalue weighted by molar-refractivity contribution is 0.0977. The molecule has 0 aliphatic heterocycles. The van der Waals surface area contributed by atoms with Crippen molar-refractivity contribution >= 4 is 38.9 Å². The van der Waals surface area contributed by atoms with Crippen molar-refractivity contribution in [1.29, 1.82) is 0 Å². The molecule has 0 atom stereocenters. The second-order valence-electron chi connectivity index (χ2n) is 7.76. The summed E-state index contributed by atoms with van der Waals surface area (Å²) in [7, 11) is -3.56. The highest BCUT2D eigenvalue weighted by atomic mass is 32.2. The van der Waals surface area contributed by atoms with Gasteiger partial charge in [-0.15, -0.1) is 0 Å². The first-order chi connectivity index (χ1) is 15.4. The predicted molar refractivity (Wildman–Crippen MR) is 130 cm³/mol. The van der Waals surface area contributed by atoms with Crippen LogP contribution in [0.4, 0.5) is 5.69 Å². The van der Waals surface area contributed by atoms with Crippen LogP contribution in [0.25, 0.3) is 0 Å². The van der Waals surface area contributed by atoms with Crippen molar-refractivity contribution in [3.63, 3.8) is 0 Å². The quantitative estimate of drug-likeness (QED) is 0.495. The number of rotatable bonds is 8. The van der Waals surface area contributed by atoms with Gasteiger partial charge >= 0.3 is 0 Å². The van der Waals surface area contributed by atoms with Gasteiger partial charge < -0.3 is 10.1 Å². The maximum atomic E-state index is 12.6. The summed E-state index contributed by atoms with van der Waals surface area (Å²) in [5.74, 6) is 0.359. The molecule has 1 aliphatic carbocycles. The van der Waals surface area contributed by atoms with Gasteiger partial charge in [0.25, 0.3) is 5.91 Å². The van der Waals surface area contributed by atoms with E-state index in [4.69, 9.17) is 17.0 Å². The summed E-state index contributed by atoms with van der Waals surface area (Å²) in [6.45, 7) is 2.65. The number of anilines is 1. The van der Waals surface area contributed by atoms with E-state index in [0.29, 0.717) is 23.6 Å². The Morgan fingerprint density at radius 3 is 2.31 bits per heavy atom. The van der Waals surface area contributed by atoms with Gasteiger partial charge in [0.15, 0.2) is 5.11 Å². The number of sulfonamides is 1. The van der Waals surface area contributed by atoms with E-state index >= 15 is 0 Å². The lowest BCUT2D eigenvalue weighted by Gasteiger charge is -2.22. The molecule has 0 bridgehead atoms. The largest absolute Gasteiger partial charge is 0.494 e. The Bertz CT molecular complexity index is 1020. The second kappa shape index (κ2) is 11.4. The van der Waals surface area contributed by atoms with Gasteiger partial charge in [-0.3, -0.25) is 10.1 Å². The molecule has 1 aliphatic rings. The van der Waals surface area contributed by atoms with Gasteiger partial charge in [-0.05, 0) is 80.0 Å². The number of amides is 1. The number of nitrogens with one attached hydrogen (secondary N) is 3. The number of thiocarbonyl (C=S) groups is 1. The molecule has 1 amide bonds. The Hall–Kier alpha value is -2.49. The van der Waals surface area contributed by atoms with Crippen molar-refractivity contribution in [3.05, 3.63) is 54.1 Å². The SMILES string of the molecule is CCCOc1ccc(C(=O)NC(=S)Nc2ccc(S(=O)(=O)NC3CCCCC3)cc2)cc1. The maximum absolute atomic E-state index is 12.6. The topological polar surface area (TPSA) is 96.5 Å². The van der Waals surface area contributed by atoms with E-state index < -0.39 is 10.0 Å². The van der Waals surface area contributed by atoms with Crippen LogP contribution in [-0.2, 0) is 10.0 Å². The molecule has 2 aromatic rings. The van der Waals surface area contributed by atoms with E-state index in [1.165, 1.54) is 12.1 Å². The number of benzene rings is 2. The van der Waals surface area contributed by atoms with Crippen LogP contribution in [0.1, 0.15) is 55.8 Å². The Morgan fingerprint density at radius 1 is 1.03 bits per heavy atom. The monoisotopic (exact) mass is 475 g/mol. The van der Waals surface area contributed by atoms with E-state index in [2.05, 4.69) is 15.4 Å². The molecule has 172 valence electrons. The second-order valence-corrected chi connectivity index (χ2v) is 9.88. The molecule has 1 saturated carbocycles. The molecule has 1 fully saturated rings. The van der Waals surface area contributed by atoms with Crippen LogP contribution in [0.3, 0.4) is 0 Å². The van der Waals surface area contributed by atoms with Gasteiger partial charge in [-0.25, -0.2) is 13.1 Å². The van der Waals surface area contributed by atoms with Gasteiger partial charge in [-0.1, -0.05) is 26.2 Å². The molecule has 0 unspecified atom stereocenters.